The molecule has 0 aliphatic rings. The van der Waals surface area contributed by atoms with Gasteiger partial charge in [-0.3, -0.25) is 9.59 Å². The van der Waals surface area contributed by atoms with Gasteiger partial charge >= 0.3 is 0 Å². The van der Waals surface area contributed by atoms with Crippen LogP contribution in [0.4, 0.5) is 0 Å². The minimum atomic E-state index is -0.427. The Hall–Kier alpha value is -1.32. The third-order valence-electron chi connectivity index (χ3n) is 0.856. The van der Waals surface area contributed by atoms with Crippen LogP contribution in [-0.2, 0) is 9.59 Å². The van der Waals surface area contributed by atoms with Crippen molar-refractivity contribution in [2.75, 3.05) is 6.54 Å². The fourth-order valence-corrected chi connectivity index (χ4v) is 0.381. The highest BCUT2D eigenvalue weighted by Gasteiger charge is 1.94. The topological polar surface area (TPSA) is 72.2 Å². The van der Waals surface area contributed by atoms with Crippen molar-refractivity contribution in [3.63, 3.8) is 0 Å². The number of rotatable bonds is 4. The SMILES string of the molecule is C=CC(=O)NCCC(N)=O. The molecule has 0 saturated heterocycles. The van der Waals surface area contributed by atoms with Gasteiger partial charge in [0, 0.05) is 13.0 Å². The number of carbonyl (C=O) groups is 2. The minimum Gasteiger partial charge on any atom is -0.370 e. The van der Waals surface area contributed by atoms with Crippen molar-refractivity contribution in [2.45, 2.75) is 6.42 Å². The average molecular weight is 142 g/mol. The molecule has 3 N–H and O–H groups in total. The summed E-state index contributed by atoms with van der Waals surface area (Å²) in [4.78, 5) is 20.5. The molecule has 4 nitrogen and oxygen atoms in total. The Bertz CT molecular complexity index is 154. The Balaban J connectivity index is 3.28. The second kappa shape index (κ2) is 4.55. The Morgan fingerprint density at radius 2 is 2.20 bits per heavy atom. The largest absolute Gasteiger partial charge is 0.370 e. The summed E-state index contributed by atoms with van der Waals surface area (Å²) in [6.45, 7) is 3.51. The lowest BCUT2D eigenvalue weighted by atomic mass is 10.4. The van der Waals surface area contributed by atoms with E-state index in [0.717, 1.165) is 6.08 Å². The van der Waals surface area contributed by atoms with E-state index in [1.807, 2.05) is 0 Å². The van der Waals surface area contributed by atoms with Gasteiger partial charge in [-0.25, -0.2) is 0 Å². The van der Waals surface area contributed by atoms with E-state index in [2.05, 4.69) is 11.9 Å². The molecule has 0 heterocycles. The van der Waals surface area contributed by atoms with E-state index in [-0.39, 0.29) is 18.9 Å². The van der Waals surface area contributed by atoms with Gasteiger partial charge in [-0.1, -0.05) is 6.58 Å². The van der Waals surface area contributed by atoms with Crippen molar-refractivity contribution < 1.29 is 9.59 Å². The highest BCUT2D eigenvalue weighted by molar-refractivity contribution is 5.87. The number of carbonyl (C=O) groups excluding carboxylic acids is 2. The van der Waals surface area contributed by atoms with E-state index >= 15 is 0 Å². The van der Waals surface area contributed by atoms with Crippen molar-refractivity contribution in [1.82, 2.24) is 5.32 Å². The van der Waals surface area contributed by atoms with Crippen molar-refractivity contribution in [3.05, 3.63) is 12.7 Å². The number of hydrogen-bond acceptors (Lipinski definition) is 2. The van der Waals surface area contributed by atoms with E-state index in [0.29, 0.717) is 0 Å². The molecule has 0 aromatic rings. The molecule has 0 rings (SSSR count). The van der Waals surface area contributed by atoms with Crippen LogP contribution in [0, 0.1) is 0 Å². The summed E-state index contributed by atoms with van der Waals surface area (Å²) in [5.41, 5.74) is 4.80. The summed E-state index contributed by atoms with van der Waals surface area (Å²) < 4.78 is 0. The van der Waals surface area contributed by atoms with Gasteiger partial charge in [0.25, 0.3) is 0 Å². The first kappa shape index (κ1) is 8.68. The Morgan fingerprint density at radius 1 is 1.60 bits per heavy atom. The minimum absolute atomic E-state index is 0.166. The Morgan fingerprint density at radius 3 is 2.60 bits per heavy atom. The molecule has 0 atom stereocenters. The van der Waals surface area contributed by atoms with Crippen LogP contribution >= 0.6 is 0 Å². The van der Waals surface area contributed by atoms with E-state index < -0.39 is 5.91 Å². The summed E-state index contributed by atoms with van der Waals surface area (Å²) in [5.74, 6) is -0.717. The molecule has 0 aromatic carbocycles. The molecule has 0 aliphatic heterocycles. The number of nitrogens with two attached hydrogens (primary N) is 1. The van der Waals surface area contributed by atoms with Crippen molar-refractivity contribution in [2.24, 2.45) is 5.73 Å². The first-order valence-corrected chi connectivity index (χ1v) is 2.85. The van der Waals surface area contributed by atoms with Gasteiger partial charge in [-0.05, 0) is 6.08 Å². The van der Waals surface area contributed by atoms with Crippen LogP contribution in [0.1, 0.15) is 6.42 Å². The van der Waals surface area contributed by atoms with Gasteiger partial charge in [-0.15, -0.1) is 0 Å². The number of nitrogens with one attached hydrogen (secondary N) is 1. The summed E-state index contributed by atoms with van der Waals surface area (Å²) in [6.07, 6.45) is 1.31. The molecule has 0 saturated carbocycles. The van der Waals surface area contributed by atoms with Crippen LogP contribution in [0.2, 0.25) is 0 Å². The maximum atomic E-state index is 10.4. The predicted octanol–water partition coefficient (Wildman–Crippen LogP) is -0.836. The smallest absolute Gasteiger partial charge is 0.243 e. The first-order chi connectivity index (χ1) is 4.66. The van der Waals surface area contributed by atoms with E-state index in [9.17, 15) is 9.59 Å². The van der Waals surface area contributed by atoms with Gasteiger partial charge < -0.3 is 11.1 Å². The summed E-state index contributed by atoms with van der Waals surface area (Å²) in [5, 5.41) is 2.41. The van der Waals surface area contributed by atoms with Gasteiger partial charge in [0.05, 0.1) is 0 Å². The molecule has 0 fully saturated rings. The third-order valence-corrected chi connectivity index (χ3v) is 0.856. The molecular formula is C6H10N2O2. The molecular weight excluding hydrogens is 132 g/mol. The molecule has 0 radical (unpaired) electrons. The molecule has 10 heavy (non-hydrogen) atoms. The lowest BCUT2D eigenvalue weighted by molar-refractivity contribution is -0.118. The molecule has 4 heteroatoms. The van der Waals surface area contributed by atoms with Crippen molar-refractivity contribution in [3.8, 4) is 0 Å². The fourth-order valence-electron chi connectivity index (χ4n) is 0.381. The highest BCUT2D eigenvalue weighted by atomic mass is 16.2. The Labute approximate surface area is 59.1 Å². The molecule has 0 aromatic heterocycles. The lowest BCUT2D eigenvalue weighted by Crippen LogP contribution is -2.26. The van der Waals surface area contributed by atoms with Gasteiger partial charge in [0.1, 0.15) is 0 Å². The molecule has 0 bridgehead atoms. The monoisotopic (exact) mass is 142 g/mol. The Kier molecular flexibility index (Phi) is 3.95. The second-order valence-corrected chi connectivity index (χ2v) is 1.71. The van der Waals surface area contributed by atoms with Crippen LogP contribution in [0.3, 0.4) is 0 Å². The highest BCUT2D eigenvalue weighted by Crippen LogP contribution is 1.73. The van der Waals surface area contributed by atoms with Crippen molar-refractivity contribution in [1.29, 1.82) is 0 Å². The molecule has 0 spiro atoms. The molecule has 2 amide bonds. The van der Waals surface area contributed by atoms with E-state index in [1.165, 1.54) is 0 Å². The summed E-state index contributed by atoms with van der Waals surface area (Å²) in [7, 11) is 0. The van der Waals surface area contributed by atoms with Crippen LogP contribution < -0.4 is 11.1 Å². The molecule has 56 valence electrons. The zero-order valence-corrected chi connectivity index (χ0v) is 5.59. The van der Waals surface area contributed by atoms with Crippen LogP contribution in [0.25, 0.3) is 0 Å². The van der Waals surface area contributed by atoms with E-state index in [1.54, 1.807) is 0 Å². The van der Waals surface area contributed by atoms with E-state index in [4.69, 9.17) is 5.73 Å². The molecule has 0 aliphatic carbocycles. The van der Waals surface area contributed by atoms with Gasteiger partial charge in [-0.2, -0.15) is 0 Å². The lowest BCUT2D eigenvalue weighted by Gasteiger charge is -1.96. The third kappa shape index (κ3) is 4.83. The van der Waals surface area contributed by atoms with Crippen LogP contribution in [0.5, 0.6) is 0 Å². The van der Waals surface area contributed by atoms with Gasteiger partial charge in [0.15, 0.2) is 0 Å². The number of primary amides is 1. The number of amides is 2. The zero-order valence-electron chi connectivity index (χ0n) is 5.59. The van der Waals surface area contributed by atoms with Gasteiger partial charge in [0.2, 0.25) is 11.8 Å². The second-order valence-electron chi connectivity index (χ2n) is 1.71. The molecule has 0 unspecified atom stereocenters. The summed E-state index contributed by atoms with van der Waals surface area (Å²) in [6, 6.07) is 0. The first-order valence-electron chi connectivity index (χ1n) is 2.85. The average Bonchev–Trinajstić information content (AvgIpc) is 1.87. The maximum Gasteiger partial charge on any atom is 0.243 e. The standard InChI is InChI=1S/C6H10N2O2/c1-2-6(10)8-4-3-5(7)9/h2H,1,3-4H2,(H2,7,9)(H,8,10). The summed E-state index contributed by atoms with van der Waals surface area (Å²) >= 11 is 0. The predicted molar refractivity (Wildman–Crippen MR) is 37.0 cm³/mol. The number of hydrogen-bond donors (Lipinski definition) is 2. The normalized spacial score (nSPS) is 8.40. The van der Waals surface area contributed by atoms with Crippen LogP contribution in [-0.4, -0.2) is 18.4 Å². The van der Waals surface area contributed by atoms with Crippen LogP contribution in [0.15, 0.2) is 12.7 Å². The quantitative estimate of drug-likeness (QED) is 0.502. The zero-order chi connectivity index (χ0) is 7.98. The fraction of sp³-hybridized carbons (Fsp3) is 0.333. The maximum absolute atomic E-state index is 10.4. The van der Waals surface area contributed by atoms with Crippen molar-refractivity contribution >= 4 is 11.8 Å².